The van der Waals surface area contributed by atoms with Crippen molar-refractivity contribution >= 4 is 0 Å². The summed E-state index contributed by atoms with van der Waals surface area (Å²) in [7, 11) is 0. The van der Waals surface area contributed by atoms with Crippen molar-refractivity contribution in [2.24, 2.45) is 0 Å². The minimum atomic E-state index is 0.651. The van der Waals surface area contributed by atoms with Crippen LogP contribution in [0.1, 0.15) is 35.4 Å². The van der Waals surface area contributed by atoms with Crippen LogP contribution in [0.2, 0.25) is 0 Å². The lowest BCUT2D eigenvalue weighted by molar-refractivity contribution is 0.626. The number of benzene rings is 2. The van der Waals surface area contributed by atoms with Crippen LogP contribution in [0.25, 0.3) is 0 Å². The highest BCUT2D eigenvalue weighted by Gasteiger charge is 2.29. The molecule has 0 saturated heterocycles. The maximum Gasteiger partial charge on any atom is -0.00551 e. The molecule has 0 amide bonds. The first kappa shape index (κ1) is 9.65. The summed E-state index contributed by atoms with van der Waals surface area (Å²) in [6, 6.07) is 19.8. The van der Waals surface area contributed by atoms with Crippen molar-refractivity contribution in [3.8, 4) is 0 Å². The fourth-order valence-corrected chi connectivity index (χ4v) is 2.90. The molecule has 2 atom stereocenters. The lowest BCUT2D eigenvalue weighted by Gasteiger charge is -2.16. The van der Waals surface area contributed by atoms with Crippen LogP contribution in [0.4, 0.5) is 0 Å². The van der Waals surface area contributed by atoms with Crippen LogP contribution in [0.15, 0.2) is 54.6 Å². The normalized spacial score (nSPS) is 23.1. The summed E-state index contributed by atoms with van der Waals surface area (Å²) in [6.07, 6.45) is 1.20. The molecule has 0 bridgehead atoms. The number of hydrogen-bond donors (Lipinski definition) is 0. The lowest BCUT2D eigenvalue weighted by atomic mass is 9.88. The van der Waals surface area contributed by atoms with Gasteiger partial charge < -0.3 is 0 Å². The van der Waals surface area contributed by atoms with Crippen molar-refractivity contribution in [1.29, 1.82) is 0 Å². The molecular formula is C16H16. The molecule has 0 heterocycles. The van der Waals surface area contributed by atoms with Crippen LogP contribution in [-0.4, -0.2) is 0 Å². The molecule has 80 valence electrons. The van der Waals surface area contributed by atoms with Crippen LogP contribution in [0.3, 0.4) is 0 Å². The fourth-order valence-electron chi connectivity index (χ4n) is 2.90. The average Bonchev–Trinajstić information content (AvgIpc) is 2.69. The van der Waals surface area contributed by atoms with E-state index in [1.54, 1.807) is 0 Å². The van der Waals surface area contributed by atoms with Crippen molar-refractivity contribution in [2.75, 3.05) is 0 Å². The second-order valence-electron chi connectivity index (χ2n) is 4.71. The highest BCUT2D eigenvalue weighted by molar-refractivity contribution is 5.41. The van der Waals surface area contributed by atoms with E-state index in [0.717, 1.165) is 0 Å². The van der Waals surface area contributed by atoms with Gasteiger partial charge in [0.2, 0.25) is 0 Å². The topological polar surface area (TPSA) is 0 Å². The zero-order chi connectivity index (χ0) is 11.0. The Morgan fingerprint density at radius 3 is 2.31 bits per heavy atom. The van der Waals surface area contributed by atoms with Gasteiger partial charge in [0.25, 0.3) is 0 Å². The van der Waals surface area contributed by atoms with Crippen LogP contribution in [-0.2, 0) is 6.42 Å². The molecule has 0 radical (unpaired) electrons. The van der Waals surface area contributed by atoms with E-state index in [1.165, 1.54) is 23.1 Å². The van der Waals surface area contributed by atoms with Gasteiger partial charge in [0, 0.05) is 0 Å². The molecule has 16 heavy (non-hydrogen) atoms. The van der Waals surface area contributed by atoms with E-state index < -0.39 is 0 Å². The minimum Gasteiger partial charge on any atom is -0.0622 e. The smallest absolute Gasteiger partial charge is 0.00551 e. The van der Waals surface area contributed by atoms with Gasteiger partial charge >= 0.3 is 0 Å². The van der Waals surface area contributed by atoms with E-state index in [2.05, 4.69) is 61.5 Å². The first-order chi connectivity index (χ1) is 7.86. The second-order valence-corrected chi connectivity index (χ2v) is 4.71. The molecule has 0 spiro atoms. The van der Waals surface area contributed by atoms with Gasteiger partial charge in [0.05, 0.1) is 0 Å². The molecule has 0 fully saturated rings. The van der Waals surface area contributed by atoms with E-state index in [-0.39, 0.29) is 0 Å². The van der Waals surface area contributed by atoms with E-state index in [9.17, 15) is 0 Å². The summed E-state index contributed by atoms with van der Waals surface area (Å²) in [5.41, 5.74) is 4.55. The van der Waals surface area contributed by atoms with Crippen LogP contribution in [0, 0.1) is 0 Å². The third-order valence-electron chi connectivity index (χ3n) is 3.82. The Morgan fingerprint density at radius 2 is 1.56 bits per heavy atom. The Bertz CT molecular complexity index is 484. The quantitative estimate of drug-likeness (QED) is 0.661. The molecule has 0 saturated carbocycles. The first-order valence-corrected chi connectivity index (χ1v) is 5.99. The molecule has 0 aliphatic heterocycles. The van der Waals surface area contributed by atoms with Gasteiger partial charge in [-0.25, -0.2) is 0 Å². The van der Waals surface area contributed by atoms with Gasteiger partial charge in [0.15, 0.2) is 0 Å². The van der Waals surface area contributed by atoms with Gasteiger partial charge in [-0.1, -0.05) is 61.5 Å². The zero-order valence-corrected chi connectivity index (χ0v) is 9.56. The molecule has 3 rings (SSSR count). The SMILES string of the molecule is C[C@@H]1c2ccccc2C[C@@H]1c1ccccc1. The number of rotatable bonds is 1. The molecule has 0 aromatic heterocycles. The van der Waals surface area contributed by atoms with Gasteiger partial charge in [-0.2, -0.15) is 0 Å². The van der Waals surface area contributed by atoms with E-state index in [1.807, 2.05) is 0 Å². The van der Waals surface area contributed by atoms with Gasteiger partial charge in [-0.15, -0.1) is 0 Å². The van der Waals surface area contributed by atoms with Crippen molar-refractivity contribution in [3.05, 3.63) is 71.3 Å². The van der Waals surface area contributed by atoms with Gasteiger partial charge in [-0.3, -0.25) is 0 Å². The minimum absolute atomic E-state index is 0.651. The van der Waals surface area contributed by atoms with Crippen molar-refractivity contribution in [1.82, 2.24) is 0 Å². The monoisotopic (exact) mass is 208 g/mol. The number of fused-ring (bicyclic) bond motifs is 1. The van der Waals surface area contributed by atoms with E-state index >= 15 is 0 Å². The molecule has 0 unspecified atom stereocenters. The van der Waals surface area contributed by atoms with Crippen molar-refractivity contribution in [2.45, 2.75) is 25.2 Å². The third kappa shape index (κ3) is 1.46. The summed E-state index contributed by atoms with van der Waals surface area (Å²) in [5, 5.41) is 0. The summed E-state index contributed by atoms with van der Waals surface area (Å²) in [4.78, 5) is 0. The lowest BCUT2D eigenvalue weighted by Crippen LogP contribution is -2.02. The Labute approximate surface area is 96.9 Å². The number of hydrogen-bond acceptors (Lipinski definition) is 0. The largest absolute Gasteiger partial charge is 0.0622 e. The predicted molar refractivity (Wildman–Crippen MR) is 67.7 cm³/mol. The summed E-state index contributed by atoms with van der Waals surface area (Å²) in [5.74, 6) is 1.32. The molecule has 0 nitrogen and oxygen atoms in total. The Hall–Kier alpha value is -1.56. The summed E-state index contributed by atoms with van der Waals surface area (Å²) >= 11 is 0. The fraction of sp³-hybridized carbons (Fsp3) is 0.250. The predicted octanol–water partition coefficient (Wildman–Crippen LogP) is 4.13. The van der Waals surface area contributed by atoms with Crippen molar-refractivity contribution in [3.63, 3.8) is 0 Å². The van der Waals surface area contributed by atoms with E-state index in [4.69, 9.17) is 0 Å². The Morgan fingerprint density at radius 1 is 0.875 bits per heavy atom. The Balaban J connectivity index is 1.99. The van der Waals surface area contributed by atoms with Crippen LogP contribution < -0.4 is 0 Å². The van der Waals surface area contributed by atoms with Gasteiger partial charge in [0.1, 0.15) is 0 Å². The summed E-state index contributed by atoms with van der Waals surface area (Å²) < 4.78 is 0. The molecule has 2 aromatic carbocycles. The van der Waals surface area contributed by atoms with Crippen LogP contribution >= 0.6 is 0 Å². The molecule has 0 heteroatoms. The van der Waals surface area contributed by atoms with Crippen molar-refractivity contribution < 1.29 is 0 Å². The molecule has 2 aromatic rings. The Kier molecular flexibility index (Phi) is 2.28. The average molecular weight is 208 g/mol. The van der Waals surface area contributed by atoms with Gasteiger partial charge in [-0.05, 0) is 34.9 Å². The first-order valence-electron chi connectivity index (χ1n) is 5.99. The molecule has 1 aliphatic carbocycles. The summed E-state index contributed by atoms with van der Waals surface area (Å²) in [6.45, 7) is 2.35. The molecular weight excluding hydrogens is 192 g/mol. The maximum absolute atomic E-state index is 2.35. The standard InChI is InChI=1S/C16H16/c1-12-15-10-6-5-9-14(15)11-16(12)13-7-3-2-4-8-13/h2-10,12,16H,11H2,1H3/t12-,16+/m1/s1. The molecule has 0 N–H and O–H groups in total. The second kappa shape index (κ2) is 3.79. The maximum atomic E-state index is 2.35. The third-order valence-corrected chi connectivity index (χ3v) is 3.82. The highest BCUT2D eigenvalue weighted by Crippen LogP contribution is 2.43. The van der Waals surface area contributed by atoms with Crippen LogP contribution in [0.5, 0.6) is 0 Å². The highest BCUT2D eigenvalue weighted by atomic mass is 14.3. The zero-order valence-electron chi connectivity index (χ0n) is 9.56. The molecule has 1 aliphatic rings. The van der Waals surface area contributed by atoms with E-state index in [0.29, 0.717) is 11.8 Å².